The average Bonchev–Trinajstić information content (AvgIpc) is 2.60. The van der Waals surface area contributed by atoms with Crippen LogP contribution in [0.3, 0.4) is 0 Å². The third kappa shape index (κ3) is 2.45. The third-order valence-electron chi connectivity index (χ3n) is 4.19. The quantitative estimate of drug-likeness (QED) is 0.790. The number of nitrogens with zero attached hydrogens (tertiary/aromatic N) is 2. The summed E-state index contributed by atoms with van der Waals surface area (Å²) >= 11 is 0. The minimum atomic E-state index is 0.261. The number of hydrogen-bond acceptors (Lipinski definition) is 1. The number of aryl methyl sites for hydroxylation is 2. The zero-order valence-corrected chi connectivity index (χ0v) is 11.9. The van der Waals surface area contributed by atoms with Crippen molar-refractivity contribution in [1.29, 1.82) is 0 Å². The highest BCUT2D eigenvalue weighted by Gasteiger charge is 2.28. The van der Waals surface area contributed by atoms with Crippen LogP contribution in [0.25, 0.3) is 0 Å². The van der Waals surface area contributed by atoms with Gasteiger partial charge in [-0.1, -0.05) is 0 Å². The van der Waals surface area contributed by atoms with Gasteiger partial charge in [0.2, 0.25) is 5.91 Å². The van der Waals surface area contributed by atoms with E-state index in [0.29, 0.717) is 18.6 Å². The van der Waals surface area contributed by atoms with Crippen LogP contribution in [0.1, 0.15) is 44.5 Å². The molecule has 0 N–H and O–H groups in total. The maximum absolute atomic E-state index is 12.5. The molecule has 100 valence electrons. The van der Waals surface area contributed by atoms with E-state index in [9.17, 15) is 4.79 Å². The van der Waals surface area contributed by atoms with Gasteiger partial charge in [-0.25, -0.2) is 0 Å². The molecule has 0 aromatic carbocycles. The predicted molar refractivity (Wildman–Crippen MR) is 73.5 cm³/mol. The first kappa shape index (κ1) is 13.2. The molecule has 2 rings (SSSR count). The summed E-state index contributed by atoms with van der Waals surface area (Å²) in [5.74, 6) is 0.261. The Morgan fingerprint density at radius 1 is 1.17 bits per heavy atom. The van der Waals surface area contributed by atoms with Crippen LogP contribution < -0.4 is 0 Å². The molecule has 3 nitrogen and oxygen atoms in total. The molecule has 3 heteroatoms. The molecule has 1 aliphatic rings. The van der Waals surface area contributed by atoms with Gasteiger partial charge in [-0.05, 0) is 59.1 Å². The fourth-order valence-corrected chi connectivity index (χ4v) is 3.08. The number of amides is 1. The van der Waals surface area contributed by atoms with E-state index in [1.807, 2.05) is 0 Å². The molecular formula is C15H24N2O. The Morgan fingerprint density at radius 3 is 2.17 bits per heavy atom. The summed E-state index contributed by atoms with van der Waals surface area (Å²) in [6.07, 6.45) is 3.52. The van der Waals surface area contributed by atoms with Gasteiger partial charge in [0.15, 0.2) is 0 Å². The van der Waals surface area contributed by atoms with E-state index in [1.54, 1.807) is 0 Å². The number of carbonyl (C=O) groups is 1. The van der Waals surface area contributed by atoms with E-state index in [2.05, 4.69) is 49.3 Å². The van der Waals surface area contributed by atoms with Crippen LogP contribution in [0, 0.1) is 13.8 Å². The second kappa shape index (κ2) is 5.17. The van der Waals surface area contributed by atoms with Gasteiger partial charge in [-0.2, -0.15) is 0 Å². The lowest BCUT2D eigenvalue weighted by molar-refractivity contribution is -0.138. The summed E-state index contributed by atoms with van der Waals surface area (Å²) < 4.78 is 2.11. The molecule has 1 aliphatic heterocycles. The van der Waals surface area contributed by atoms with Crippen LogP contribution in [-0.4, -0.2) is 27.5 Å². The van der Waals surface area contributed by atoms with Crippen molar-refractivity contribution in [1.82, 2.24) is 9.47 Å². The van der Waals surface area contributed by atoms with Gasteiger partial charge in [0.1, 0.15) is 6.54 Å². The van der Waals surface area contributed by atoms with Gasteiger partial charge in [0.05, 0.1) is 0 Å². The van der Waals surface area contributed by atoms with Gasteiger partial charge in [-0.3, -0.25) is 4.79 Å². The number of hydrogen-bond donors (Lipinski definition) is 0. The molecule has 2 atom stereocenters. The SMILES string of the molecule is Cc1ccc(C)n1CC(=O)N1C(C)CCCC1C. The molecule has 1 aromatic heterocycles. The van der Waals surface area contributed by atoms with Gasteiger partial charge < -0.3 is 9.47 Å². The van der Waals surface area contributed by atoms with Crippen LogP contribution in [-0.2, 0) is 11.3 Å². The largest absolute Gasteiger partial charge is 0.340 e. The Morgan fingerprint density at radius 2 is 1.67 bits per heavy atom. The van der Waals surface area contributed by atoms with Gasteiger partial charge in [0.25, 0.3) is 0 Å². The van der Waals surface area contributed by atoms with Crippen molar-refractivity contribution in [3.8, 4) is 0 Å². The fraction of sp³-hybridized carbons (Fsp3) is 0.667. The summed E-state index contributed by atoms with van der Waals surface area (Å²) in [5.41, 5.74) is 2.33. The van der Waals surface area contributed by atoms with E-state index < -0.39 is 0 Å². The third-order valence-corrected chi connectivity index (χ3v) is 4.19. The highest BCUT2D eigenvalue weighted by Crippen LogP contribution is 2.23. The van der Waals surface area contributed by atoms with Crippen molar-refractivity contribution in [2.75, 3.05) is 0 Å². The van der Waals surface area contributed by atoms with Gasteiger partial charge in [0, 0.05) is 23.5 Å². The molecular weight excluding hydrogens is 224 g/mol. The van der Waals surface area contributed by atoms with Crippen LogP contribution >= 0.6 is 0 Å². The number of carbonyl (C=O) groups excluding carboxylic acids is 1. The Bertz CT molecular complexity index is 406. The van der Waals surface area contributed by atoms with Crippen LogP contribution in [0.15, 0.2) is 12.1 Å². The molecule has 0 bridgehead atoms. The molecule has 0 aliphatic carbocycles. The second-order valence-corrected chi connectivity index (χ2v) is 5.63. The van der Waals surface area contributed by atoms with E-state index in [-0.39, 0.29) is 5.91 Å². The number of piperidine rings is 1. The standard InChI is InChI=1S/C15H24N2O/c1-11-8-9-12(2)16(11)10-15(18)17-13(3)6-5-7-14(17)4/h8-9,13-14H,5-7,10H2,1-4H3. The van der Waals surface area contributed by atoms with Crippen molar-refractivity contribution in [2.24, 2.45) is 0 Å². The Hall–Kier alpha value is -1.25. The molecule has 18 heavy (non-hydrogen) atoms. The molecule has 1 fully saturated rings. The van der Waals surface area contributed by atoms with Crippen LogP contribution in [0.5, 0.6) is 0 Å². The highest BCUT2D eigenvalue weighted by atomic mass is 16.2. The summed E-state index contributed by atoms with van der Waals surface area (Å²) in [4.78, 5) is 14.6. The number of likely N-dealkylation sites (tertiary alicyclic amines) is 1. The van der Waals surface area contributed by atoms with Crippen molar-refractivity contribution in [3.05, 3.63) is 23.5 Å². The zero-order valence-electron chi connectivity index (χ0n) is 11.9. The highest BCUT2D eigenvalue weighted by molar-refractivity contribution is 5.77. The summed E-state index contributed by atoms with van der Waals surface area (Å²) in [5, 5.41) is 0. The van der Waals surface area contributed by atoms with Crippen LogP contribution in [0.4, 0.5) is 0 Å². The first-order chi connectivity index (χ1) is 8.50. The lowest BCUT2D eigenvalue weighted by Crippen LogP contribution is -2.48. The molecule has 2 heterocycles. The van der Waals surface area contributed by atoms with E-state index in [4.69, 9.17) is 0 Å². The molecule has 1 saturated heterocycles. The Labute approximate surface area is 110 Å². The fourth-order valence-electron chi connectivity index (χ4n) is 3.08. The van der Waals surface area contributed by atoms with Crippen molar-refractivity contribution < 1.29 is 4.79 Å². The smallest absolute Gasteiger partial charge is 0.242 e. The van der Waals surface area contributed by atoms with Gasteiger partial charge >= 0.3 is 0 Å². The van der Waals surface area contributed by atoms with Crippen LogP contribution in [0.2, 0.25) is 0 Å². The molecule has 0 saturated carbocycles. The monoisotopic (exact) mass is 248 g/mol. The molecule has 0 radical (unpaired) electrons. The van der Waals surface area contributed by atoms with E-state index in [0.717, 1.165) is 24.2 Å². The Kier molecular flexibility index (Phi) is 3.79. The maximum Gasteiger partial charge on any atom is 0.242 e. The minimum absolute atomic E-state index is 0.261. The predicted octanol–water partition coefficient (Wildman–Crippen LogP) is 2.89. The first-order valence-corrected chi connectivity index (χ1v) is 6.94. The van der Waals surface area contributed by atoms with Gasteiger partial charge in [-0.15, -0.1) is 0 Å². The van der Waals surface area contributed by atoms with E-state index in [1.165, 1.54) is 6.42 Å². The average molecular weight is 248 g/mol. The normalized spacial score (nSPS) is 24.3. The summed E-state index contributed by atoms with van der Waals surface area (Å²) in [6.45, 7) is 8.94. The topological polar surface area (TPSA) is 25.2 Å². The molecule has 2 unspecified atom stereocenters. The van der Waals surface area contributed by atoms with E-state index >= 15 is 0 Å². The maximum atomic E-state index is 12.5. The Balaban J connectivity index is 2.12. The summed E-state index contributed by atoms with van der Waals surface area (Å²) in [6, 6.07) is 4.92. The summed E-state index contributed by atoms with van der Waals surface area (Å²) in [7, 11) is 0. The first-order valence-electron chi connectivity index (χ1n) is 6.94. The van der Waals surface area contributed by atoms with Crippen molar-refractivity contribution in [3.63, 3.8) is 0 Å². The number of rotatable bonds is 2. The number of aromatic nitrogens is 1. The molecule has 1 aromatic rings. The minimum Gasteiger partial charge on any atom is -0.340 e. The van der Waals surface area contributed by atoms with Crippen molar-refractivity contribution in [2.45, 2.75) is 65.6 Å². The van der Waals surface area contributed by atoms with Crippen molar-refractivity contribution >= 4 is 5.91 Å². The lowest BCUT2D eigenvalue weighted by atomic mass is 9.97. The zero-order chi connectivity index (χ0) is 13.3. The lowest BCUT2D eigenvalue weighted by Gasteiger charge is -2.39. The molecule has 0 spiro atoms. The second-order valence-electron chi connectivity index (χ2n) is 5.63. The molecule has 1 amide bonds.